The third-order valence-electron chi connectivity index (χ3n) is 6.51. The highest BCUT2D eigenvalue weighted by molar-refractivity contribution is 6.62. The maximum Gasteiger partial charge on any atom is 0.492 e. The van der Waals surface area contributed by atoms with Crippen LogP contribution in [-0.2, 0) is 27.4 Å². The Morgan fingerprint density at radius 2 is 1.76 bits per heavy atom. The van der Waals surface area contributed by atoms with Crippen LogP contribution in [0.2, 0.25) is 0 Å². The summed E-state index contributed by atoms with van der Waals surface area (Å²) in [5, 5.41) is 12.9. The average Bonchev–Trinajstić information content (AvgIpc) is 3.25. The molecule has 198 valence electrons. The molecule has 2 aromatic rings. The van der Waals surface area contributed by atoms with Crippen LogP contribution < -0.4 is 10.8 Å². The maximum absolute atomic E-state index is 13.0. The minimum absolute atomic E-state index is 0.0181. The van der Waals surface area contributed by atoms with E-state index >= 15 is 0 Å². The molecule has 0 fully saturated rings. The standard InChI is InChI=1S/C27H36BN3O6/c1-17(2)24(29-25(32)22-12-11-21-16-37-28(35)23(21)18(22)3)27(34)36-15-19-7-9-20(10-8-19)26(33)31(6)14-13-30(4)5/h7-12,17,24,35H,13-16H2,1-6H3,(H,29,32)/t24-/m0/s1. The highest BCUT2D eigenvalue weighted by Gasteiger charge is 2.32. The highest BCUT2D eigenvalue weighted by atomic mass is 16.5. The first-order chi connectivity index (χ1) is 17.5. The number of fused-ring (bicyclic) bond motifs is 1. The van der Waals surface area contributed by atoms with Crippen LogP contribution in [0.4, 0.5) is 0 Å². The van der Waals surface area contributed by atoms with Crippen molar-refractivity contribution in [3.05, 3.63) is 64.2 Å². The molecule has 0 saturated carbocycles. The first-order valence-corrected chi connectivity index (χ1v) is 12.4. The van der Waals surface area contributed by atoms with Gasteiger partial charge < -0.3 is 29.5 Å². The van der Waals surface area contributed by atoms with Crippen molar-refractivity contribution >= 4 is 30.4 Å². The Kier molecular flexibility index (Phi) is 9.47. The summed E-state index contributed by atoms with van der Waals surface area (Å²) < 4.78 is 10.8. The molecule has 2 aromatic carbocycles. The lowest BCUT2D eigenvalue weighted by atomic mass is 9.75. The van der Waals surface area contributed by atoms with E-state index in [1.807, 2.05) is 32.8 Å². The molecule has 0 saturated heterocycles. The molecule has 0 spiro atoms. The van der Waals surface area contributed by atoms with Gasteiger partial charge in [0.25, 0.3) is 11.8 Å². The van der Waals surface area contributed by atoms with Crippen molar-refractivity contribution in [2.45, 2.75) is 40.0 Å². The summed E-state index contributed by atoms with van der Waals surface area (Å²) in [6, 6.07) is 9.52. The summed E-state index contributed by atoms with van der Waals surface area (Å²) in [7, 11) is 4.62. The van der Waals surface area contributed by atoms with Crippen LogP contribution in [0, 0.1) is 12.8 Å². The lowest BCUT2D eigenvalue weighted by molar-refractivity contribution is -0.148. The van der Waals surface area contributed by atoms with E-state index in [0.29, 0.717) is 35.3 Å². The maximum atomic E-state index is 13.0. The van der Waals surface area contributed by atoms with Crippen LogP contribution in [0.3, 0.4) is 0 Å². The number of nitrogens with one attached hydrogen (secondary N) is 1. The Labute approximate surface area is 218 Å². The highest BCUT2D eigenvalue weighted by Crippen LogP contribution is 2.17. The van der Waals surface area contributed by atoms with Crippen LogP contribution >= 0.6 is 0 Å². The van der Waals surface area contributed by atoms with Gasteiger partial charge in [0.05, 0.1) is 6.61 Å². The van der Waals surface area contributed by atoms with Crippen molar-refractivity contribution in [2.75, 3.05) is 34.2 Å². The van der Waals surface area contributed by atoms with E-state index in [2.05, 4.69) is 5.32 Å². The van der Waals surface area contributed by atoms with Crippen LogP contribution in [-0.4, -0.2) is 80.0 Å². The summed E-state index contributed by atoms with van der Waals surface area (Å²) >= 11 is 0. The number of hydrogen-bond acceptors (Lipinski definition) is 7. The normalized spacial score (nSPS) is 13.5. The number of amides is 2. The zero-order valence-electron chi connectivity index (χ0n) is 22.4. The van der Waals surface area contributed by atoms with Crippen molar-refractivity contribution in [1.82, 2.24) is 15.1 Å². The number of hydrogen-bond donors (Lipinski definition) is 2. The fourth-order valence-electron chi connectivity index (χ4n) is 4.13. The minimum atomic E-state index is -1.06. The predicted octanol–water partition coefficient (Wildman–Crippen LogP) is 1.34. The number of esters is 1. The molecular weight excluding hydrogens is 473 g/mol. The van der Waals surface area contributed by atoms with Crippen molar-refractivity contribution in [3.63, 3.8) is 0 Å². The molecular formula is C27H36BN3O6. The number of carbonyl (C=O) groups is 3. The van der Waals surface area contributed by atoms with E-state index in [-0.39, 0.29) is 18.4 Å². The summed E-state index contributed by atoms with van der Waals surface area (Å²) in [6.07, 6.45) is 0. The Balaban J connectivity index is 1.60. The van der Waals surface area contributed by atoms with E-state index in [9.17, 15) is 19.4 Å². The van der Waals surface area contributed by atoms with Gasteiger partial charge in [0.15, 0.2) is 0 Å². The fraction of sp³-hybridized carbons (Fsp3) is 0.444. The average molecular weight is 509 g/mol. The zero-order valence-corrected chi connectivity index (χ0v) is 22.4. The molecule has 0 unspecified atom stereocenters. The quantitative estimate of drug-likeness (QED) is 0.368. The number of benzene rings is 2. The Morgan fingerprint density at radius 1 is 1.08 bits per heavy atom. The first-order valence-electron chi connectivity index (χ1n) is 12.4. The summed E-state index contributed by atoms with van der Waals surface area (Å²) in [6.45, 7) is 7.10. The van der Waals surface area contributed by atoms with E-state index in [0.717, 1.165) is 17.7 Å². The number of nitrogens with zero attached hydrogens (tertiary/aromatic N) is 2. The molecule has 3 rings (SSSR count). The van der Waals surface area contributed by atoms with Crippen molar-refractivity contribution in [1.29, 1.82) is 0 Å². The molecule has 0 aromatic heterocycles. The second-order valence-electron chi connectivity index (χ2n) is 10.0. The SMILES string of the molecule is Cc1c(C(=O)N[C@H](C(=O)OCc2ccc(C(=O)N(C)CCN(C)C)cc2)C(C)C)ccc2c1B(O)OC2. The van der Waals surface area contributed by atoms with Crippen LogP contribution in [0.5, 0.6) is 0 Å². The third kappa shape index (κ3) is 6.97. The molecule has 0 aliphatic carbocycles. The topological polar surface area (TPSA) is 108 Å². The molecule has 1 aliphatic rings. The molecule has 1 atom stereocenters. The van der Waals surface area contributed by atoms with Crippen molar-refractivity contribution < 1.29 is 28.8 Å². The van der Waals surface area contributed by atoms with Crippen LogP contribution in [0.15, 0.2) is 36.4 Å². The monoisotopic (exact) mass is 509 g/mol. The van der Waals surface area contributed by atoms with E-state index in [1.165, 1.54) is 0 Å². The van der Waals surface area contributed by atoms with Gasteiger partial charge in [-0.05, 0) is 67.3 Å². The molecule has 37 heavy (non-hydrogen) atoms. The smallest absolute Gasteiger partial charge is 0.459 e. The van der Waals surface area contributed by atoms with E-state index in [1.54, 1.807) is 55.3 Å². The van der Waals surface area contributed by atoms with Gasteiger partial charge in [0, 0.05) is 31.3 Å². The van der Waals surface area contributed by atoms with Crippen molar-refractivity contribution in [2.24, 2.45) is 5.92 Å². The van der Waals surface area contributed by atoms with Crippen LogP contribution in [0.1, 0.15) is 51.3 Å². The Hall–Kier alpha value is -3.21. The fourth-order valence-corrected chi connectivity index (χ4v) is 4.13. The molecule has 0 bridgehead atoms. The molecule has 0 radical (unpaired) electrons. The summed E-state index contributed by atoms with van der Waals surface area (Å²) in [4.78, 5) is 42.2. The molecule has 2 N–H and O–H groups in total. The Bertz CT molecular complexity index is 1140. The lowest BCUT2D eigenvalue weighted by Gasteiger charge is -2.22. The summed E-state index contributed by atoms with van der Waals surface area (Å²) in [5.41, 5.74) is 3.73. The molecule has 9 nitrogen and oxygen atoms in total. The predicted molar refractivity (Wildman–Crippen MR) is 141 cm³/mol. The van der Waals surface area contributed by atoms with Crippen molar-refractivity contribution in [3.8, 4) is 0 Å². The van der Waals surface area contributed by atoms with Gasteiger partial charge in [0.1, 0.15) is 12.6 Å². The molecule has 1 aliphatic heterocycles. The number of likely N-dealkylation sites (N-methyl/N-ethyl adjacent to an activating group) is 2. The minimum Gasteiger partial charge on any atom is -0.459 e. The lowest BCUT2D eigenvalue weighted by Crippen LogP contribution is -2.46. The van der Waals surface area contributed by atoms with Crippen LogP contribution in [0.25, 0.3) is 0 Å². The molecule has 1 heterocycles. The van der Waals surface area contributed by atoms with Gasteiger partial charge in [-0.15, -0.1) is 0 Å². The first kappa shape index (κ1) is 28.4. The number of rotatable bonds is 10. The molecule has 10 heteroatoms. The second-order valence-corrected chi connectivity index (χ2v) is 10.0. The molecule has 2 amide bonds. The van der Waals surface area contributed by atoms with Gasteiger partial charge in [0.2, 0.25) is 0 Å². The third-order valence-corrected chi connectivity index (χ3v) is 6.51. The number of ether oxygens (including phenoxy) is 1. The van der Waals surface area contributed by atoms with Gasteiger partial charge in [-0.3, -0.25) is 9.59 Å². The zero-order chi connectivity index (χ0) is 27.3. The van der Waals surface area contributed by atoms with Gasteiger partial charge in [-0.25, -0.2) is 4.79 Å². The van der Waals surface area contributed by atoms with Gasteiger partial charge in [-0.2, -0.15) is 0 Å². The largest absolute Gasteiger partial charge is 0.492 e. The van der Waals surface area contributed by atoms with E-state index < -0.39 is 25.0 Å². The van der Waals surface area contributed by atoms with Gasteiger partial charge >= 0.3 is 13.1 Å². The summed E-state index contributed by atoms with van der Waals surface area (Å²) in [5.74, 6) is -1.25. The van der Waals surface area contributed by atoms with Gasteiger partial charge in [-0.1, -0.05) is 32.0 Å². The van der Waals surface area contributed by atoms with E-state index in [4.69, 9.17) is 9.39 Å². The Morgan fingerprint density at radius 3 is 2.38 bits per heavy atom. The number of carbonyl (C=O) groups excluding carboxylic acids is 3. The second kappa shape index (κ2) is 12.4.